The van der Waals surface area contributed by atoms with Gasteiger partial charge in [-0.1, -0.05) is 17.3 Å². The molecule has 0 bridgehead atoms. The number of aryl methyl sites for hydroxylation is 1. The third-order valence-corrected chi connectivity index (χ3v) is 5.35. The Kier molecular flexibility index (Phi) is 3.45. The molecule has 6 nitrogen and oxygen atoms in total. The molecule has 1 N–H and O–H groups in total. The zero-order chi connectivity index (χ0) is 17.7. The van der Waals surface area contributed by atoms with Gasteiger partial charge in [0.1, 0.15) is 0 Å². The minimum atomic E-state index is -0.0234. The van der Waals surface area contributed by atoms with Gasteiger partial charge >= 0.3 is 0 Å². The van der Waals surface area contributed by atoms with Crippen LogP contribution in [0.4, 0.5) is 5.69 Å². The van der Waals surface area contributed by atoms with Crippen molar-refractivity contribution in [3.63, 3.8) is 0 Å². The molecule has 0 saturated heterocycles. The van der Waals surface area contributed by atoms with Crippen molar-refractivity contribution in [1.82, 2.24) is 14.7 Å². The highest BCUT2D eigenvalue weighted by Gasteiger charge is 2.23. The van der Waals surface area contributed by atoms with Crippen LogP contribution in [0.5, 0.6) is 0 Å². The maximum atomic E-state index is 12.6. The molecule has 0 atom stereocenters. The molecule has 2 aliphatic rings. The molecule has 0 unspecified atom stereocenters. The van der Waals surface area contributed by atoms with Gasteiger partial charge in [0.25, 0.3) is 0 Å². The molecule has 0 aliphatic carbocycles. The summed E-state index contributed by atoms with van der Waals surface area (Å²) in [5, 5.41) is 7.50. The fourth-order valence-electron chi connectivity index (χ4n) is 4.10. The summed E-state index contributed by atoms with van der Waals surface area (Å²) in [6.07, 6.45) is 3.57. The zero-order valence-electron chi connectivity index (χ0n) is 14.7. The van der Waals surface area contributed by atoms with Crippen LogP contribution in [0.2, 0.25) is 0 Å². The predicted octanol–water partition coefficient (Wildman–Crippen LogP) is 2.71. The van der Waals surface area contributed by atoms with Crippen molar-refractivity contribution in [1.29, 1.82) is 0 Å². The van der Waals surface area contributed by atoms with E-state index in [1.807, 2.05) is 6.92 Å². The van der Waals surface area contributed by atoms with E-state index in [-0.39, 0.29) is 5.43 Å². The quantitative estimate of drug-likeness (QED) is 0.788. The first-order valence-electron chi connectivity index (χ1n) is 9.11. The number of nitrogens with one attached hydrogen (secondary N) is 1. The summed E-state index contributed by atoms with van der Waals surface area (Å²) in [7, 11) is 0. The van der Waals surface area contributed by atoms with E-state index in [9.17, 15) is 4.79 Å². The van der Waals surface area contributed by atoms with Crippen LogP contribution in [0.25, 0.3) is 11.4 Å². The molecule has 26 heavy (non-hydrogen) atoms. The molecule has 6 heteroatoms. The Morgan fingerprint density at radius 3 is 3.12 bits per heavy atom. The standard InChI is InChI=1S/C20H20N4O2/c1-12-9-17(25)19(16-3-2-8-24(12)16)20-22-18(26-23-20)11-13-4-5-14-6-7-21-15(14)10-13/h4-5,9-10,21H,2-3,6-8,11H2,1H3. The highest BCUT2D eigenvalue weighted by molar-refractivity contribution is 5.59. The monoisotopic (exact) mass is 348 g/mol. The van der Waals surface area contributed by atoms with Crippen molar-refractivity contribution in [2.75, 3.05) is 11.9 Å². The van der Waals surface area contributed by atoms with Crippen molar-refractivity contribution in [2.45, 2.75) is 39.2 Å². The van der Waals surface area contributed by atoms with Gasteiger partial charge in [-0.3, -0.25) is 4.79 Å². The van der Waals surface area contributed by atoms with Gasteiger partial charge in [-0.15, -0.1) is 0 Å². The molecule has 0 spiro atoms. The SMILES string of the molecule is Cc1cc(=O)c(-c2noc(Cc3ccc4c(c3)NCC4)n2)c2n1CCC2. The molecular formula is C20H20N4O2. The lowest BCUT2D eigenvalue weighted by atomic mass is 10.1. The molecule has 0 fully saturated rings. The van der Waals surface area contributed by atoms with Gasteiger partial charge in [-0.25, -0.2) is 0 Å². The highest BCUT2D eigenvalue weighted by atomic mass is 16.5. The first-order chi connectivity index (χ1) is 12.7. The minimum absolute atomic E-state index is 0.0234. The number of pyridine rings is 1. The van der Waals surface area contributed by atoms with Crippen molar-refractivity contribution < 1.29 is 4.52 Å². The van der Waals surface area contributed by atoms with E-state index >= 15 is 0 Å². The van der Waals surface area contributed by atoms with E-state index in [0.29, 0.717) is 23.7 Å². The van der Waals surface area contributed by atoms with Crippen LogP contribution in [0.3, 0.4) is 0 Å². The van der Waals surface area contributed by atoms with E-state index in [2.05, 4.69) is 38.2 Å². The van der Waals surface area contributed by atoms with Crippen LogP contribution in [-0.2, 0) is 25.8 Å². The molecular weight excluding hydrogens is 328 g/mol. The smallest absolute Gasteiger partial charge is 0.231 e. The largest absolute Gasteiger partial charge is 0.384 e. The molecule has 5 rings (SSSR count). The number of anilines is 1. The van der Waals surface area contributed by atoms with E-state index in [4.69, 9.17) is 4.52 Å². The van der Waals surface area contributed by atoms with Crippen LogP contribution >= 0.6 is 0 Å². The van der Waals surface area contributed by atoms with Gasteiger partial charge in [0.15, 0.2) is 5.43 Å². The third-order valence-electron chi connectivity index (χ3n) is 5.35. The van der Waals surface area contributed by atoms with Crippen LogP contribution in [0.1, 0.15) is 34.8 Å². The van der Waals surface area contributed by atoms with Crippen molar-refractivity contribution in [2.24, 2.45) is 0 Å². The average molecular weight is 348 g/mol. The van der Waals surface area contributed by atoms with Crippen molar-refractivity contribution in [3.05, 3.63) is 62.9 Å². The summed E-state index contributed by atoms with van der Waals surface area (Å²) in [5.41, 5.74) is 6.27. The summed E-state index contributed by atoms with van der Waals surface area (Å²) in [6, 6.07) is 8.08. The van der Waals surface area contributed by atoms with E-state index in [0.717, 1.165) is 49.3 Å². The summed E-state index contributed by atoms with van der Waals surface area (Å²) in [4.78, 5) is 17.1. The number of hydrogen-bond donors (Lipinski definition) is 1. The Morgan fingerprint density at radius 1 is 1.27 bits per heavy atom. The molecule has 1 aromatic carbocycles. The second kappa shape index (κ2) is 5.83. The molecule has 2 aromatic heterocycles. The number of fused-ring (bicyclic) bond motifs is 2. The summed E-state index contributed by atoms with van der Waals surface area (Å²) in [5.74, 6) is 0.949. The van der Waals surface area contributed by atoms with E-state index in [1.165, 1.54) is 11.3 Å². The minimum Gasteiger partial charge on any atom is -0.384 e. The van der Waals surface area contributed by atoms with Crippen LogP contribution in [0.15, 0.2) is 33.6 Å². The first-order valence-corrected chi connectivity index (χ1v) is 9.11. The number of nitrogens with zero attached hydrogens (tertiary/aromatic N) is 3. The van der Waals surface area contributed by atoms with Crippen molar-refractivity contribution in [3.8, 4) is 11.4 Å². The molecule has 3 aromatic rings. The predicted molar refractivity (Wildman–Crippen MR) is 98.5 cm³/mol. The topological polar surface area (TPSA) is 73.0 Å². The number of benzene rings is 1. The lowest BCUT2D eigenvalue weighted by Gasteiger charge is -2.10. The van der Waals surface area contributed by atoms with Gasteiger partial charge < -0.3 is 14.4 Å². The molecule has 0 radical (unpaired) electrons. The van der Waals surface area contributed by atoms with Crippen molar-refractivity contribution >= 4 is 5.69 Å². The van der Waals surface area contributed by atoms with Gasteiger partial charge in [0.05, 0.1) is 12.0 Å². The number of rotatable bonds is 3. The van der Waals surface area contributed by atoms with E-state index < -0.39 is 0 Å². The maximum Gasteiger partial charge on any atom is 0.231 e. The highest BCUT2D eigenvalue weighted by Crippen LogP contribution is 2.27. The lowest BCUT2D eigenvalue weighted by molar-refractivity contribution is 0.385. The van der Waals surface area contributed by atoms with Gasteiger partial charge in [-0.05, 0) is 43.4 Å². The Hall–Kier alpha value is -2.89. The second-order valence-corrected chi connectivity index (χ2v) is 7.08. The second-order valence-electron chi connectivity index (χ2n) is 7.08. The number of hydrogen-bond acceptors (Lipinski definition) is 5. The first kappa shape index (κ1) is 15.4. The third kappa shape index (κ3) is 2.44. The van der Waals surface area contributed by atoms with Crippen LogP contribution in [-0.4, -0.2) is 21.3 Å². The molecule has 132 valence electrons. The summed E-state index contributed by atoms with van der Waals surface area (Å²) < 4.78 is 7.65. The van der Waals surface area contributed by atoms with Gasteiger partial charge in [0, 0.05) is 36.2 Å². The lowest BCUT2D eigenvalue weighted by Crippen LogP contribution is -2.15. The van der Waals surface area contributed by atoms with Crippen LogP contribution in [0, 0.1) is 6.92 Å². The Morgan fingerprint density at radius 2 is 2.19 bits per heavy atom. The fraction of sp³-hybridized carbons (Fsp3) is 0.350. The maximum absolute atomic E-state index is 12.6. The molecule has 2 aliphatic heterocycles. The van der Waals surface area contributed by atoms with Crippen LogP contribution < -0.4 is 10.7 Å². The number of aromatic nitrogens is 3. The normalized spacial score (nSPS) is 15.0. The molecule has 0 amide bonds. The van der Waals surface area contributed by atoms with Gasteiger partial charge in [0.2, 0.25) is 11.7 Å². The Labute approximate surface area is 150 Å². The van der Waals surface area contributed by atoms with E-state index in [1.54, 1.807) is 6.07 Å². The molecule has 0 saturated carbocycles. The fourth-order valence-corrected chi connectivity index (χ4v) is 4.10. The average Bonchev–Trinajstić information content (AvgIpc) is 3.35. The Balaban J connectivity index is 1.48. The summed E-state index contributed by atoms with van der Waals surface area (Å²) >= 11 is 0. The zero-order valence-corrected chi connectivity index (χ0v) is 14.7. The van der Waals surface area contributed by atoms with Gasteiger partial charge in [-0.2, -0.15) is 4.98 Å². The molecule has 4 heterocycles. The Bertz CT molecular complexity index is 1060. The summed E-state index contributed by atoms with van der Waals surface area (Å²) in [6.45, 7) is 3.91.